The van der Waals surface area contributed by atoms with Gasteiger partial charge in [0.2, 0.25) is 0 Å². The number of methoxy groups -OCH3 is 1. The van der Waals surface area contributed by atoms with E-state index in [9.17, 15) is 0 Å². The molecule has 1 aliphatic rings. The maximum absolute atomic E-state index is 5.33. The van der Waals surface area contributed by atoms with Gasteiger partial charge in [-0.15, -0.1) is 0 Å². The average Bonchev–Trinajstić information content (AvgIpc) is 2.45. The van der Waals surface area contributed by atoms with E-state index in [1.165, 1.54) is 5.56 Å². The van der Waals surface area contributed by atoms with E-state index in [1.54, 1.807) is 7.11 Å². The van der Waals surface area contributed by atoms with Crippen LogP contribution in [0.3, 0.4) is 0 Å². The van der Waals surface area contributed by atoms with Gasteiger partial charge in [-0.2, -0.15) is 0 Å². The zero-order valence-electron chi connectivity index (χ0n) is 11.3. The molecule has 4 nitrogen and oxygen atoms in total. The lowest BCUT2D eigenvalue weighted by Crippen LogP contribution is -2.40. The van der Waals surface area contributed by atoms with Gasteiger partial charge < -0.3 is 14.8 Å². The fourth-order valence-corrected chi connectivity index (χ4v) is 2.70. The number of hydrogen-bond acceptors (Lipinski definition) is 4. The Morgan fingerprint density at radius 3 is 2.84 bits per heavy atom. The van der Waals surface area contributed by atoms with Crippen molar-refractivity contribution >= 4 is 15.9 Å². The fraction of sp³-hybridized carbons (Fsp3) is 0.571. The summed E-state index contributed by atoms with van der Waals surface area (Å²) in [7, 11) is 1.68. The van der Waals surface area contributed by atoms with E-state index >= 15 is 0 Å². The molecule has 0 bridgehead atoms. The maximum Gasteiger partial charge on any atom is 0.133 e. The Bertz CT molecular complexity index is 395. The van der Waals surface area contributed by atoms with Gasteiger partial charge in [0.1, 0.15) is 5.75 Å². The lowest BCUT2D eigenvalue weighted by molar-refractivity contribution is 0.0384. The number of nitrogens with zero attached hydrogens (tertiary/aromatic N) is 1. The van der Waals surface area contributed by atoms with Gasteiger partial charge in [-0.3, -0.25) is 4.90 Å². The molecule has 0 spiro atoms. The molecule has 5 heteroatoms. The predicted molar refractivity (Wildman–Crippen MR) is 79.7 cm³/mol. The van der Waals surface area contributed by atoms with Crippen molar-refractivity contribution in [3.05, 3.63) is 28.2 Å². The highest BCUT2D eigenvalue weighted by atomic mass is 79.9. The molecule has 0 unspecified atom stereocenters. The first-order valence-electron chi connectivity index (χ1n) is 6.63. The Balaban J connectivity index is 1.69. The van der Waals surface area contributed by atoms with Crippen molar-refractivity contribution in [2.24, 2.45) is 0 Å². The van der Waals surface area contributed by atoms with E-state index in [0.717, 1.165) is 56.2 Å². The van der Waals surface area contributed by atoms with E-state index in [1.807, 2.05) is 6.07 Å². The summed E-state index contributed by atoms with van der Waals surface area (Å²) in [5.74, 6) is 0.872. The molecule has 0 aromatic heterocycles. The number of nitrogens with one attached hydrogen (secondary N) is 1. The van der Waals surface area contributed by atoms with E-state index < -0.39 is 0 Å². The Kier molecular flexibility index (Phi) is 6.10. The second-order valence-corrected chi connectivity index (χ2v) is 5.45. The van der Waals surface area contributed by atoms with E-state index in [-0.39, 0.29) is 0 Å². The lowest BCUT2D eigenvalue weighted by Gasteiger charge is -2.26. The first-order chi connectivity index (χ1) is 9.29. The van der Waals surface area contributed by atoms with Gasteiger partial charge in [0.05, 0.1) is 24.8 Å². The van der Waals surface area contributed by atoms with Gasteiger partial charge in [-0.25, -0.2) is 0 Å². The van der Waals surface area contributed by atoms with Crippen molar-refractivity contribution < 1.29 is 9.47 Å². The zero-order chi connectivity index (χ0) is 13.5. The standard InChI is InChI=1S/C14H21BrN2O2/c1-18-14-3-2-12(10-13(14)15)11-16-4-5-17-6-8-19-9-7-17/h2-3,10,16H,4-9,11H2,1H3. The molecule has 1 aromatic carbocycles. The second-order valence-electron chi connectivity index (χ2n) is 4.60. The average molecular weight is 329 g/mol. The van der Waals surface area contributed by atoms with Crippen molar-refractivity contribution in [1.82, 2.24) is 10.2 Å². The summed E-state index contributed by atoms with van der Waals surface area (Å²) >= 11 is 3.50. The molecule has 19 heavy (non-hydrogen) atoms. The van der Waals surface area contributed by atoms with Crippen LogP contribution in [0.1, 0.15) is 5.56 Å². The molecule has 0 atom stereocenters. The van der Waals surface area contributed by atoms with Gasteiger partial charge in [0.15, 0.2) is 0 Å². The third kappa shape index (κ3) is 4.76. The minimum absolute atomic E-state index is 0.866. The van der Waals surface area contributed by atoms with Crippen LogP contribution < -0.4 is 10.1 Å². The van der Waals surface area contributed by atoms with Gasteiger partial charge in [0.25, 0.3) is 0 Å². The molecule has 0 amide bonds. The quantitative estimate of drug-likeness (QED) is 0.808. The van der Waals surface area contributed by atoms with Crippen molar-refractivity contribution in [1.29, 1.82) is 0 Å². The largest absolute Gasteiger partial charge is 0.496 e. The molecule has 1 N–H and O–H groups in total. The highest BCUT2D eigenvalue weighted by Gasteiger charge is 2.09. The number of hydrogen-bond donors (Lipinski definition) is 1. The topological polar surface area (TPSA) is 33.7 Å². The second kappa shape index (κ2) is 7.85. The molecular weight excluding hydrogens is 308 g/mol. The Morgan fingerprint density at radius 2 is 2.16 bits per heavy atom. The molecule has 1 saturated heterocycles. The van der Waals surface area contributed by atoms with Crippen molar-refractivity contribution in [2.75, 3.05) is 46.5 Å². The molecule has 1 aromatic rings. The van der Waals surface area contributed by atoms with Crippen molar-refractivity contribution in [3.8, 4) is 5.75 Å². The highest BCUT2D eigenvalue weighted by molar-refractivity contribution is 9.10. The number of ether oxygens (including phenoxy) is 2. The zero-order valence-corrected chi connectivity index (χ0v) is 12.9. The highest BCUT2D eigenvalue weighted by Crippen LogP contribution is 2.25. The molecular formula is C14H21BrN2O2. The summed E-state index contributed by atoms with van der Waals surface area (Å²) in [6.45, 7) is 6.81. The van der Waals surface area contributed by atoms with Crippen LogP contribution in [0.5, 0.6) is 5.75 Å². The molecule has 0 aliphatic carbocycles. The number of benzene rings is 1. The minimum atomic E-state index is 0.866. The summed E-state index contributed by atoms with van der Waals surface area (Å²) in [5.41, 5.74) is 1.26. The smallest absolute Gasteiger partial charge is 0.133 e. The lowest BCUT2D eigenvalue weighted by atomic mass is 10.2. The van der Waals surface area contributed by atoms with Crippen LogP contribution in [0.25, 0.3) is 0 Å². The molecule has 1 aliphatic heterocycles. The third-order valence-corrected chi connectivity index (χ3v) is 3.87. The normalized spacial score (nSPS) is 16.5. The molecule has 1 heterocycles. The first-order valence-corrected chi connectivity index (χ1v) is 7.42. The van der Waals surface area contributed by atoms with Crippen LogP contribution in [0, 0.1) is 0 Å². The molecule has 0 radical (unpaired) electrons. The Labute approximate surface area is 123 Å². The van der Waals surface area contributed by atoms with Gasteiger partial charge in [-0.05, 0) is 33.6 Å². The molecule has 2 rings (SSSR count). The Hall–Kier alpha value is -0.620. The van der Waals surface area contributed by atoms with Crippen LogP contribution in [0.2, 0.25) is 0 Å². The van der Waals surface area contributed by atoms with Gasteiger partial charge in [-0.1, -0.05) is 6.07 Å². The molecule has 106 valence electrons. The number of halogens is 1. The van der Waals surface area contributed by atoms with Gasteiger partial charge >= 0.3 is 0 Å². The fourth-order valence-electron chi connectivity index (χ4n) is 2.11. The summed E-state index contributed by atoms with van der Waals surface area (Å²) in [6.07, 6.45) is 0. The third-order valence-electron chi connectivity index (χ3n) is 3.25. The number of rotatable bonds is 6. The van der Waals surface area contributed by atoms with E-state index in [2.05, 4.69) is 38.3 Å². The van der Waals surface area contributed by atoms with E-state index in [4.69, 9.17) is 9.47 Å². The summed E-state index contributed by atoms with van der Waals surface area (Å²) in [6, 6.07) is 6.18. The van der Waals surface area contributed by atoms with Crippen LogP contribution in [0.15, 0.2) is 22.7 Å². The van der Waals surface area contributed by atoms with Crippen molar-refractivity contribution in [3.63, 3.8) is 0 Å². The monoisotopic (exact) mass is 328 g/mol. The number of morpholine rings is 1. The first kappa shape index (κ1) is 14.8. The van der Waals surface area contributed by atoms with Gasteiger partial charge in [0, 0.05) is 32.7 Å². The van der Waals surface area contributed by atoms with Crippen LogP contribution in [-0.2, 0) is 11.3 Å². The van der Waals surface area contributed by atoms with Crippen LogP contribution in [0.4, 0.5) is 0 Å². The van der Waals surface area contributed by atoms with Crippen LogP contribution >= 0.6 is 15.9 Å². The van der Waals surface area contributed by atoms with E-state index in [0.29, 0.717) is 0 Å². The van der Waals surface area contributed by atoms with Crippen molar-refractivity contribution in [2.45, 2.75) is 6.54 Å². The summed E-state index contributed by atoms with van der Waals surface area (Å²) < 4.78 is 11.6. The molecule has 0 saturated carbocycles. The maximum atomic E-state index is 5.33. The predicted octanol–water partition coefficient (Wildman–Crippen LogP) is 1.88. The SMILES string of the molecule is COc1ccc(CNCCN2CCOCC2)cc1Br. The molecule has 1 fully saturated rings. The summed E-state index contributed by atoms with van der Waals surface area (Å²) in [4.78, 5) is 2.43. The Morgan fingerprint density at radius 1 is 1.37 bits per heavy atom. The summed E-state index contributed by atoms with van der Waals surface area (Å²) in [5, 5.41) is 3.47. The van der Waals surface area contributed by atoms with Crippen LogP contribution in [-0.4, -0.2) is 51.4 Å². The minimum Gasteiger partial charge on any atom is -0.496 e.